The minimum Gasteiger partial charge on any atom is -0.288 e. The highest BCUT2D eigenvalue weighted by Gasteiger charge is 2.27. The van der Waals surface area contributed by atoms with Gasteiger partial charge in [0.1, 0.15) is 11.6 Å². The minimum absolute atomic E-state index is 0.0422. The molecule has 6 heteroatoms. The van der Waals surface area contributed by atoms with Gasteiger partial charge in [-0.1, -0.05) is 41.7 Å². The van der Waals surface area contributed by atoms with E-state index in [1.54, 1.807) is 36.4 Å². The molecule has 0 saturated heterocycles. The van der Waals surface area contributed by atoms with Gasteiger partial charge in [0.25, 0.3) is 0 Å². The van der Waals surface area contributed by atoms with Crippen LogP contribution < -0.4 is 0 Å². The zero-order chi connectivity index (χ0) is 13.1. The van der Waals surface area contributed by atoms with Crippen LogP contribution in [0, 0.1) is 21.4 Å². The molecule has 0 aliphatic carbocycles. The summed E-state index contributed by atoms with van der Waals surface area (Å²) in [6, 6.07) is 10.00. The number of ketones is 1. The van der Waals surface area contributed by atoms with Crippen LogP contribution in [-0.4, -0.2) is 10.7 Å². The van der Waals surface area contributed by atoms with E-state index in [4.69, 9.17) is 5.26 Å². The first kappa shape index (κ1) is 12.0. The number of nitrogens with zero attached hydrogens (tertiary/aromatic N) is 2. The average molecular weight is 258 g/mol. The Morgan fingerprint density at radius 2 is 2.00 bits per heavy atom. The second-order valence-corrected chi connectivity index (χ2v) is 4.25. The normalized spacial score (nSPS) is 9.72. The van der Waals surface area contributed by atoms with E-state index in [2.05, 4.69) is 0 Å². The van der Waals surface area contributed by atoms with Crippen molar-refractivity contribution in [3.63, 3.8) is 0 Å². The lowest BCUT2D eigenvalue weighted by Gasteiger charge is -1.98. The Kier molecular flexibility index (Phi) is 3.17. The molecule has 0 atom stereocenters. The van der Waals surface area contributed by atoms with Crippen LogP contribution in [0.15, 0.2) is 35.7 Å². The van der Waals surface area contributed by atoms with Crippen molar-refractivity contribution in [3.05, 3.63) is 62.5 Å². The van der Waals surface area contributed by atoms with E-state index in [1.165, 1.54) is 5.38 Å². The highest BCUT2D eigenvalue weighted by atomic mass is 32.1. The Morgan fingerprint density at radius 1 is 1.33 bits per heavy atom. The second kappa shape index (κ2) is 4.77. The van der Waals surface area contributed by atoms with Gasteiger partial charge < -0.3 is 0 Å². The number of carbonyl (C=O) groups is 1. The average Bonchev–Trinajstić information content (AvgIpc) is 2.82. The molecular formula is C12H6N2O3S. The van der Waals surface area contributed by atoms with Gasteiger partial charge in [-0.05, 0) is 0 Å². The van der Waals surface area contributed by atoms with Crippen LogP contribution in [0.5, 0.6) is 0 Å². The zero-order valence-electron chi connectivity index (χ0n) is 8.99. The Morgan fingerprint density at radius 3 is 2.56 bits per heavy atom. The molecule has 88 valence electrons. The molecule has 0 unspecified atom stereocenters. The maximum atomic E-state index is 12.2. The van der Waals surface area contributed by atoms with Gasteiger partial charge in [0.2, 0.25) is 5.78 Å². The summed E-state index contributed by atoms with van der Waals surface area (Å²) in [4.78, 5) is 22.4. The van der Waals surface area contributed by atoms with Gasteiger partial charge in [-0.15, -0.1) is 0 Å². The quantitative estimate of drug-likeness (QED) is 0.481. The van der Waals surface area contributed by atoms with E-state index in [0.29, 0.717) is 5.56 Å². The summed E-state index contributed by atoms with van der Waals surface area (Å²) < 4.78 is 0. The zero-order valence-corrected chi connectivity index (χ0v) is 9.81. The number of carbonyl (C=O) groups excluding carboxylic acids is 1. The lowest BCUT2D eigenvalue weighted by molar-refractivity contribution is -0.380. The molecule has 0 radical (unpaired) electrons. The Labute approximate surface area is 106 Å². The highest BCUT2D eigenvalue weighted by Crippen LogP contribution is 2.31. The molecule has 0 fully saturated rings. The first-order valence-corrected chi connectivity index (χ1v) is 5.79. The van der Waals surface area contributed by atoms with Crippen molar-refractivity contribution in [1.29, 1.82) is 5.26 Å². The van der Waals surface area contributed by atoms with E-state index < -0.39 is 10.7 Å². The molecule has 2 aromatic rings. The standard InChI is InChI=1S/C12H6N2O3S/c13-6-9-7-18-12(14(16)17)10(9)11(15)8-4-2-1-3-5-8/h1-5,7H. The molecule has 0 amide bonds. The Bertz CT molecular complexity index is 656. The van der Waals surface area contributed by atoms with E-state index in [0.717, 1.165) is 11.3 Å². The van der Waals surface area contributed by atoms with Gasteiger partial charge in [-0.3, -0.25) is 14.9 Å². The molecular weight excluding hydrogens is 252 g/mol. The number of benzene rings is 1. The maximum absolute atomic E-state index is 12.2. The van der Waals surface area contributed by atoms with Gasteiger partial charge in [-0.25, -0.2) is 0 Å². The third-order valence-electron chi connectivity index (χ3n) is 2.32. The minimum atomic E-state index is -0.637. The molecule has 1 aromatic carbocycles. The first-order chi connectivity index (χ1) is 8.65. The molecule has 5 nitrogen and oxygen atoms in total. The van der Waals surface area contributed by atoms with E-state index in [-0.39, 0.29) is 16.1 Å². The number of thiophene rings is 1. The largest absolute Gasteiger partial charge is 0.336 e. The molecule has 0 saturated carbocycles. The van der Waals surface area contributed by atoms with Crippen molar-refractivity contribution in [1.82, 2.24) is 0 Å². The van der Waals surface area contributed by atoms with Crippen LogP contribution in [-0.2, 0) is 0 Å². The lowest BCUT2D eigenvalue weighted by Crippen LogP contribution is -2.04. The van der Waals surface area contributed by atoms with Crippen molar-refractivity contribution in [2.45, 2.75) is 0 Å². The molecule has 0 spiro atoms. The summed E-state index contributed by atoms with van der Waals surface area (Å²) in [5.41, 5.74) is 0.245. The molecule has 0 N–H and O–H groups in total. The summed E-state index contributed by atoms with van der Waals surface area (Å²) >= 11 is 0.789. The molecule has 0 bridgehead atoms. The fourth-order valence-corrected chi connectivity index (χ4v) is 2.32. The molecule has 18 heavy (non-hydrogen) atoms. The topological polar surface area (TPSA) is 84.0 Å². The fourth-order valence-electron chi connectivity index (χ4n) is 1.52. The predicted octanol–water partition coefficient (Wildman–Crippen LogP) is 2.76. The van der Waals surface area contributed by atoms with Crippen molar-refractivity contribution in [2.24, 2.45) is 0 Å². The van der Waals surface area contributed by atoms with Crippen LogP contribution in [0.3, 0.4) is 0 Å². The lowest BCUT2D eigenvalue weighted by atomic mass is 10.0. The van der Waals surface area contributed by atoms with Crippen molar-refractivity contribution in [2.75, 3.05) is 0 Å². The van der Waals surface area contributed by atoms with Crippen LogP contribution in [0.1, 0.15) is 21.5 Å². The summed E-state index contributed by atoms with van der Waals surface area (Å²) in [6.45, 7) is 0. The number of nitriles is 1. The molecule has 1 heterocycles. The van der Waals surface area contributed by atoms with Gasteiger partial charge in [0, 0.05) is 10.9 Å². The van der Waals surface area contributed by atoms with E-state index in [9.17, 15) is 14.9 Å². The number of hydrogen-bond donors (Lipinski definition) is 0. The number of nitro groups is 1. The molecule has 2 rings (SSSR count). The SMILES string of the molecule is N#Cc1csc([N+](=O)[O-])c1C(=O)c1ccccc1. The van der Waals surface area contributed by atoms with Gasteiger partial charge in [-0.2, -0.15) is 5.26 Å². The number of rotatable bonds is 3. The molecule has 0 aliphatic heterocycles. The number of hydrogen-bond acceptors (Lipinski definition) is 5. The smallest absolute Gasteiger partial charge is 0.288 e. The van der Waals surface area contributed by atoms with Crippen LogP contribution >= 0.6 is 11.3 Å². The second-order valence-electron chi connectivity index (χ2n) is 3.39. The Hall–Kier alpha value is -2.52. The summed E-state index contributed by atoms with van der Waals surface area (Å²) in [5.74, 6) is -0.500. The van der Waals surface area contributed by atoms with E-state index in [1.807, 2.05) is 0 Å². The predicted molar refractivity (Wildman–Crippen MR) is 65.6 cm³/mol. The first-order valence-electron chi connectivity index (χ1n) is 4.91. The fraction of sp³-hybridized carbons (Fsp3) is 0. The summed E-state index contributed by atoms with van der Waals surface area (Å²) in [6.07, 6.45) is 0. The molecule has 0 aliphatic rings. The monoisotopic (exact) mass is 258 g/mol. The van der Waals surface area contributed by atoms with Gasteiger partial charge >= 0.3 is 5.00 Å². The van der Waals surface area contributed by atoms with Gasteiger partial charge in [0.05, 0.1) is 10.5 Å². The summed E-state index contributed by atoms with van der Waals surface area (Å²) in [7, 11) is 0. The van der Waals surface area contributed by atoms with Crippen molar-refractivity contribution in [3.8, 4) is 6.07 Å². The van der Waals surface area contributed by atoms with Crippen LogP contribution in [0.2, 0.25) is 0 Å². The van der Waals surface area contributed by atoms with Crippen molar-refractivity contribution >= 4 is 22.1 Å². The van der Waals surface area contributed by atoms with Crippen molar-refractivity contribution < 1.29 is 9.72 Å². The van der Waals surface area contributed by atoms with Crippen LogP contribution in [0.25, 0.3) is 0 Å². The summed E-state index contributed by atoms with van der Waals surface area (Å²) in [5, 5.41) is 20.8. The third-order valence-corrected chi connectivity index (χ3v) is 3.25. The molecule has 1 aromatic heterocycles. The van der Waals surface area contributed by atoms with E-state index >= 15 is 0 Å². The maximum Gasteiger partial charge on any atom is 0.336 e. The third kappa shape index (κ3) is 1.99. The Balaban J connectivity index is 2.58. The highest BCUT2D eigenvalue weighted by molar-refractivity contribution is 7.14. The van der Waals surface area contributed by atoms with Gasteiger partial charge in [0.15, 0.2) is 0 Å². The van der Waals surface area contributed by atoms with Crippen LogP contribution in [0.4, 0.5) is 5.00 Å².